The van der Waals surface area contributed by atoms with Crippen LogP contribution in [0, 0.1) is 20.8 Å². The number of nitrogens with zero attached hydrogens (tertiary/aromatic N) is 1. The molecule has 0 fully saturated rings. The zero-order valence-corrected chi connectivity index (χ0v) is 23.0. The van der Waals surface area contributed by atoms with Crippen molar-refractivity contribution in [1.82, 2.24) is 10.2 Å². The molecule has 1 N–H and O–H groups in total. The predicted octanol–water partition coefficient (Wildman–Crippen LogP) is 6.20. The number of hydrogen-bond donors (Lipinski definition) is 1. The van der Waals surface area contributed by atoms with Crippen LogP contribution in [-0.2, 0) is 22.6 Å². The molecule has 3 aromatic rings. The fraction of sp³-hybridized carbons (Fsp3) is 0.355. The van der Waals surface area contributed by atoms with Crippen LogP contribution in [-0.4, -0.2) is 35.9 Å². The first-order valence-electron chi connectivity index (χ1n) is 12.8. The van der Waals surface area contributed by atoms with Gasteiger partial charge in [0.15, 0.2) is 6.61 Å². The first kappa shape index (κ1) is 28.3. The van der Waals surface area contributed by atoms with Crippen LogP contribution in [0.2, 0.25) is 5.02 Å². The van der Waals surface area contributed by atoms with E-state index in [9.17, 15) is 9.59 Å². The molecule has 0 aliphatic heterocycles. The molecule has 37 heavy (non-hydrogen) atoms. The molecule has 0 aliphatic carbocycles. The summed E-state index contributed by atoms with van der Waals surface area (Å²) in [5.41, 5.74) is 5.05. The van der Waals surface area contributed by atoms with E-state index in [1.165, 1.54) is 0 Å². The second-order valence-corrected chi connectivity index (χ2v) is 9.93. The van der Waals surface area contributed by atoms with Crippen molar-refractivity contribution in [2.45, 2.75) is 59.5 Å². The summed E-state index contributed by atoms with van der Waals surface area (Å²) in [6.45, 7) is 8.78. The Hall–Kier alpha value is -3.31. The Balaban J connectivity index is 1.91. The van der Waals surface area contributed by atoms with Gasteiger partial charge in [-0.05, 0) is 73.2 Å². The highest BCUT2D eigenvalue weighted by molar-refractivity contribution is 6.30. The Kier molecular flexibility index (Phi) is 10.6. The number of hydrogen-bond acceptors (Lipinski definition) is 3. The molecule has 0 aliphatic rings. The molecular formula is C31H37ClN2O3. The third-order valence-electron chi connectivity index (χ3n) is 6.48. The minimum absolute atomic E-state index is 0.162. The van der Waals surface area contributed by atoms with Crippen LogP contribution in [0.3, 0.4) is 0 Å². The number of carbonyl (C=O) groups is 2. The van der Waals surface area contributed by atoms with E-state index in [4.69, 9.17) is 16.3 Å². The maximum atomic E-state index is 13.7. The topological polar surface area (TPSA) is 58.6 Å². The maximum Gasteiger partial charge on any atom is 0.261 e. The Morgan fingerprint density at radius 3 is 2.35 bits per heavy atom. The van der Waals surface area contributed by atoms with Gasteiger partial charge in [0.25, 0.3) is 5.91 Å². The molecule has 1 atom stereocenters. The van der Waals surface area contributed by atoms with Crippen LogP contribution < -0.4 is 10.1 Å². The molecule has 1 unspecified atom stereocenters. The van der Waals surface area contributed by atoms with E-state index in [0.717, 1.165) is 40.7 Å². The second-order valence-electron chi connectivity index (χ2n) is 9.49. The van der Waals surface area contributed by atoms with Crippen molar-refractivity contribution < 1.29 is 14.3 Å². The summed E-state index contributed by atoms with van der Waals surface area (Å²) in [6, 6.07) is 20.5. The molecule has 0 saturated heterocycles. The van der Waals surface area contributed by atoms with Crippen LogP contribution >= 0.6 is 11.6 Å². The van der Waals surface area contributed by atoms with E-state index in [-0.39, 0.29) is 25.0 Å². The number of aryl methyl sites for hydroxylation is 2. The normalized spacial score (nSPS) is 11.6. The summed E-state index contributed by atoms with van der Waals surface area (Å²) < 4.78 is 6.03. The number of halogens is 1. The van der Waals surface area contributed by atoms with E-state index in [1.807, 2.05) is 69.3 Å². The van der Waals surface area contributed by atoms with Gasteiger partial charge in [0.1, 0.15) is 11.8 Å². The summed E-state index contributed by atoms with van der Waals surface area (Å²) in [5, 5.41) is 3.66. The zero-order chi connectivity index (χ0) is 26.8. The maximum absolute atomic E-state index is 13.7. The molecule has 3 rings (SSSR count). The van der Waals surface area contributed by atoms with Gasteiger partial charge >= 0.3 is 0 Å². The van der Waals surface area contributed by atoms with Crippen LogP contribution in [0.25, 0.3) is 0 Å². The Bertz CT molecular complexity index is 1180. The number of carbonyl (C=O) groups excluding carboxylic acids is 2. The van der Waals surface area contributed by atoms with Crippen molar-refractivity contribution in [2.24, 2.45) is 0 Å². The molecule has 2 amide bonds. The molecule has 0 heterocycles. The molecule has 5 nitrogen and oxygen atoms in total. The van der Waals surface area contributed by atoms with E-state index < -0.39 is 6.04 Å². The zero-order valence-electron chi connectivity index (χ0n) is 22.2. The van der Waals surface area contributed by atoms with Crippen LogP contribution in [0.5, 0.6) is 5.75 Å². The quantitative estimate of drug-likeness (QED) is 0.289. The largest absolute Gasteiger partial charge is 0.483 e. The van der Waals surface area contributed by atoms with Crippen molar-refractivity contribution in [1.29, 1.82) is 0 Å². The van der Waals surface area contributed by atoms with Crippen LogP contribution in [0.15, 0.2) is 66.7 Å². The summed E-state index contributed by atoms with van der Waals surface area (Å²) in [7, 11) is 0. The summed E-state index contributed by atoms with van der Waals surface area (Å²) in [4.78, 5) is 28.8. The Morgan fingerprint density at radius 1 is 0.973 bits per heavy atom. The molecule has 0 radical (unpaired) electrons. The summed E-state index contributed by atoms with van der Waals surface area (Å²) in [6.07, 6.45) is 2.25. The summed E-state index contributed by atoms with van der Waals surface area (Å²) >= 11 is 6.10. The lowest BCUT2D eigenvalue weighted by atomic mass is 10.0. The van der Waals surface area contributed by atoms with Gasteiger partial charge in [-0.25, -0.2) is 0 Å². The number of ether oxygens (including phenoxy) is 1. The minimum Gasteiger partial charge on any atom is -0.483 e. The number of benzene rings is 3. The van der Waals surface area contributed by atoms with E-state index in [2.05, 4.69) is 18.3 Å². The predicted molar refractivity (Wildman–Crippen MR) is 150 cm³/mol. The fourth-order valence-corrected chi connectivity index (χ4v) is 4.35. The van der Waals surface area contributed by atoms with Crippen molar-refractivity contribution in [3.8, 4) is 5.75 Å². The van der Waals surface area contributed by atoms with E-state index in [1.54, 1.807) is 17.0 Å². The highest BCUT2D eigenvalue weighted by Crippen LogP contribution is 2.24. The molecule has 0 bridgehead atoms. The molecule has 196 valence electrons. The first-order chi connectivity index (χ1) is 17.8. The average molecular weight is 521 g/mol. The fourth-order valence-electron chi connectivity index (χ4n) is 4.22. The Morgan fingerprint density at radius 2 is 1.68 bits per heavy atom. The minimum atomic E-state index is -0.689. The van der Waals surface area contributed by atoms with Gasteiger partial charge < -0.3 is 15.0 Å². The van der Waals surface area contributed by atoms with Gasteiger partial charge in [-0.15, -0.1) is 0 Å². The van der Waals surface area contributed by atoms with Gasteiger partial charge in [-0.2, -0.15) is 0 Å². The summed E-state index contributed by atoms with van der Waals surface area (Å²) in [5.74, 6) is 0.270. The molecule has 3 aromatic carbocycles. The third kappa shape index (κ3) is 8.36. The lowest BCUT2D eigenvalue weighted by Gasteiger charge is -2.31. The van der Waals surface area contributed by atoms with Crippen LogP contribution in [0.1, 0.15) is 47.6 Å². The van der Waals surface area contributed by atoms with Gasteiger partial charge in [-0.3, -0.25) is 9.59 Å². The van der Waals surface area contributed by atoms with Crippen molar-refractivity contribution in [3.63, 3.8) is 0 Å². The highest BCUT2D eigenvalue weighted by atomic mass is 35.5. The van der Waals surface area contributed by atoms with Crippen molar-refractivity contribution in [3.05, 3.63) is 99.6 Å². The highest BCUT2D eigenvalue weighted by Gasteiger charge is 2.30. The lowest BCUT2D eigenvalue weighted by Crippen LogP contribution is -2.51. The number of nitrogens with one attached hydrogen (secondary N) is 1. The smallest absolute Gasteiger partial charge is 0.261 e. The number of amides is 2. The van der Waals surface area contributed by atoms with Gasteiger partial charge in [0, 0.05) is 24.5 Å². The SMILES string of the molecule is CCCCNC(=O)C(Cc1ccccc1)N(Cc1ccc(Cl)cc1)C(=O)COc1cc(C)cc(C)c1C. The van der Waals surface area contributed by atoms with Crippen molar-refractivity contribution in [2.75, 3.05) is 13.2 Å². The molecule has 6 heteroatoms. The van der Waals surface area contributed by atoms with Gasteiger partial charge in [-0.1, -0.05) is 73.5 Å². The van der Waals surface area contributed by atoms with Crippen LogP contribution in [0.4, 0.5) is 0 Å². The molecule has 0 spiro atoms. The molecule has 0 saturated carbocycles. The third-order valence-corrected chi connectivity index (χ3v) is 6.73. The average Bonchev–Trinajstić information content (AvgIpc) is 2.89. The first-order valence-corrected chi connectivity index (χ1v) is 13.2. The van der Waals surface area contributed by atoms with E-state index >= 15 is 0 Å². The van der Waals surface area contributed by atoms with Crippen molar-refractivity contribution >= 4 is 23.4 Å². The standard InChI is InChI=1S/C31H37ClN2O3/c1-5-6-16-33-31(36)28(19-25-10-8-7-9-11-25)34(20-26-12-14-27(32)15-13-26)30(35)21-37-29-18-22(2)17-23(3)24(29)4/h7-15,17-18,28H,5-6,16,19-21H2,1-4H3,(H,33,36). The molecule has 0 aromatic heterocycles. The number of rotatable bonds is 12. The Labute approximate surface area is 225 Å². The number of unbranched alkanes of at least 4 members (excludes halogenated alkanes) is 1. The second kappa shape index (κ2) is 13.8. The lowest BCUT2D eigenvalue weighted by molar-refractivity contribution is -0.142. The van der Waals surface area contributed by atoms with E-state index in [0.29, 0.717) is 23.7 Å². The monoisotopic (exact) mass is 520 g/mol. The van der Waals surface area contributed by atoms with Gasteiger partial charge in [0.05, 0.1) is 0 Å². The molecular weight excluding hydrogens is 484 g/mol. The van der Waals surface area contributed by atoms with Gasteiger partial charge in [0.2, 0.25) is 5.91 Å².